The lowest BCUT2D eigenvalue weighted by Crippen LogP contribution is -2.18. The third-order valence-electron chi connectivity index (χ3n) is 4.51. The summed E-state index contributed by atoms with van der Waals surface area (Å²) in [7, 11) is -1.55. The van der Waals surface area contributed by atoms with Crippen molar-refractivity contribution < 1.29 is 27.5 Å². The van der Waals surface area contributed by atoms with Crippen molar-refractivity contribution in [3.05, 3.63) is 59.7 Å². The molecule has 0 aromatic heterocycles. The number of sulfone groups is 1. The summed E-state index contributed by atoms with van der Waals surface area (Å²) in [5, 5.41) is 2.79. The Labute approximate surface area is 163 Å². The van der Waals surface area contributed by atoms with Gasteiger partial charge in [0.1, 0.15) is 12.4 Å². The van der Waals surface area contributed by atoms with Gasteiger partial charge in [-0.25, -0.2) is 8.42 Å². The van der Waals surface area contributed by atoms with E-state index in [1.54, 1.807) is 55.6 Å². The van der Waals surface area contributed by atoms with Crippen LogP contribution < -0.4 is 10.1 Å². The van der Waals surface area contributed by atoms with E-state index < -0.39 is 21.7 Å². The van der Waals surface area contributed by atoms with Crippen LogP contribution in [0.3, 0.4) is 0 Å². The molecule has 1 aliphatic rings. The number of esters is 1. The fourth-order valence-corrected chi connectivity index (χ4v) is 4.61. The predicted octanol–water partition coefficient (Wildman–Crippen LogP) is 2.43. The average Bonchev–Trinajstić information content (AvgIpc) is 3.07. The van der Waals surface area contributed by atoms with Crippen LogP contribution >= 0.6 is 0 Å². The van der Waals surface area contributed by atoms with Gasteiger partial charge in [-0.05, 0) is 48.4 Å². The van der Waals surface area contributed by atoms with Gasteiger partial charge in [0.25, 0.3) is 5.91 Å². The summed E-state index contributed by atoms with van der Waals surface area (Å²) in [4.78, 5) is 24.3. The van der Waals surface area contributed by atoms with Gasteiger partial charge >= 0.3 is 5.97 Å². The van der Waals surface area contributed by atoms with Gasteiger partial charge in [-0.15, -0.1) is 0 Å². The lowest BCUT2D eigenvalue weighted by Gasteiger charge is -2.10. The summed E-state index contributed by atoms with van der Waals surface area (Å²) in [5.41, 5.74) is 1.83. The van der Waals surface area contributed by atoms with E-state index in [9.17, 15) is 18.0 Å². The molecule has 0 aliphatic carbocycles. The fraction of sp³-hybridized carbons (Fsp3) is 0.300. The highest BCUT2D eigenvalue weighted by Gasteiger charge is 2.34. The molecular weight excluding hydrogens is 382 g/mol. The van der Waals surface area contributed by atoms with Crippen LogP contribution in [-0.4, -0.2) is 38.9 Å². The van der Waals surface area contributed by atoms with Crippen LogP contribution in [-0.2, 0) is 26.0 Å². The number of hydrogen-bond donors (Lipinski definition) is 1. The zero-order chi connectivity index (χ0) is 20.1. The highest BCUT2D eigenvalue weighted by atomic mass is 32.2. The zero-order valence-corrected chi connectivity index (χ0v) is 16.2. The van der Waals surface area contributed by atoms with Crippen LogP contribution in [0.15, 0.2) is 48.5 Å². The maximum Gasteiger partial charge on any atom is 0.310 e. The summed E-state index contributed by atoms with van der Waals surface area (Å²) in [6, 6.07) is 13.7. The second-order valence-corrected chi connectivity index (χ2v) is 8.82. The molecule has 1 aliphatic heterocycles. The molecular formula is C20H21NO6S. The van der Waals surface area contributed by atoms with Crippen molar-refractivity contribution in [3.63, 3.8) is 0 Å². The third kappa shape index (κ3) is 5.10. The molecule has 0 spiro atoms. The number of hydrogen-bond acceptors (Lipinski definition) is 6. The monoisotopic (exact) mass is 403 g/mol. The molecule has 0 saturated carbocycles. The van der Waals surface area contributed by atoms with E-state index in [4.69, 9.17) is 9.47 Å². The van der Waals surface area contributed by atoms with E-state index in [-0.39, 0.29) is 24.0 Å². The number of nitrogens with one attached hydrogen (secondary N) is 1. The molecule has 1 saturated heterocycles. The van der Waals surface area contributed by atoms with E-state index in [1.165, 1.54) is 0 Å². The highest BCUT2D eigenvalue weighted by molar-refractivity contribution is 7.91. The Bertz CT molecular complexity index is 951. The van der Waals surface area contributed by atoms with Gasteiger partial charge in [0.05, 0.1) is 24.5 Å². The Morgan fingerprint density at radius 2 is 1.75 bits per heavy atom. The van der Waals surface area contributed by atoms with E-state index in [2.05, 4.69) is 5.32 Å². The van der Waals surface area contributed by atoms with Gasteiger partial charge < -0.3 is 14.8 Å². The minimum Gasteiger partial charge on any atom is -0.497 e. The molecule has 8 heteroatoms. The lowest BCUT2D eigenvalue weighted by atomic mass is 10.1. The first kappa shape index (κ1) is 19.9. The first-order valence-electron chi connectivity index (χ1n) is 8.78. The number of benzene rings is 2. The van der Waals surface area contributed by atoms with Crippen LogP contribution in [0, 0.1) is 5.92 Å². The second-order valence-electron chi connectivity index (χ2n) is 6.59. The van der Waals surface area contributed by atoms with E-state index in [1.807, 2.05) is 0 Å². The van der Waals surface area contributed by atoms with Crippen molar-refractivity contribution in [2.45, 2.75) is 13.0 Å². The Morgan fingerprint density at radius 1 is 1.07 bits per heavy atom. The van der Waals surface area contributed by atoms with Crippen molar-refractivity contribution in [2.75, 3.05) is 23.9 Å². The second kappa shape index (κ2) is 8.43. The maximum atomic E-state index is 12.3. The third-order valence-corrected chi connectivity index (χ3v) is 6.28. The number of anilines is 1. The molecule has 1 heterocycles. The SMILES string of the molecule is COc1ccc(NC(=O)c2ccc(COC(=O)[C@@H]3CCS(=O)(=O)C3)cc2)cc1. The quantitative estimate of drug-likeness (QED) is 0.744. The Hall–Kier alpha value is -2.87. The van der Waals surface area contributed by atoms with Crippen molar-refractivity contribution in [2.24, 2.45) is 5.92 Å². The van der Waals surface area contributed by atoms with Crippen LogP contribution in [0.1, 0.15) is 22.3 Å². The van der Waals surface area contributed by atoms with Crippen molar-refractivity contribution >= 4 is 27.4 Å². The molecule has 1 fully saturated rings. The summed E-state index contributed by atoms with van der Waals surface area (Å²) < 4.78 is 33.1. The highest BCUT2D eigenvalue weighted by Crippen LogP contribution is 2.20. The predicted molar refractivity (Wildman–Crippen MR) is 104 cm³/mol. The van der Waals surface area contributed by atoms with Crippen LogP contribution in [0.4, 0.5) is 5.69 Å². The summed E-state index contributed by atoms with van der Waals surface area (Å²) in [5.74, 6) is -0.750. The van der Waals surface area contributed by atoms with Crippen molar-refractivity contribution in [3.8, 4) is 5.75 Å². The van der Waals surface area contributed by atoms with E-state index >= 15 is 0 Å². The number of carbonyl (C=O) groups is 2. The first-order valence-corrected chi connectivity index (χ1v) is 10.6. The number of carbonyl (C=O) groups excluding carboxylic acids is 2. The van der Waals surface area contributed by atoms with Gasteiger partial charge in [-0.1, -0.05) is 12.1 Å². The number of amides is 1. The first-order chi connectivity index (χ1) is 13.4. The maximum absolute atomic E-state index is 12.3. The average molecular weight is 403 g/mol. The van der Waals surface area contributed by atoms with Crippen molar-refractivity contribution in [1.82, 2.24) is 0 Å². The molecule has 0 bridgehead atoms. The van der Waals surface area contributed by atoms with Gasteiger partial charge in [-0.3, -0.25) is 9.59 Å². The van der Waals surface area contributed by atoms with Gasteiger partial charge in [0.15, 0.2) is 9.84 Å². The standard InChI is InChI=1S/C20H21NO6S/c1-26-18-8-6-17(7-9-18)21-19(22)15-4-2-14(3-5-15)12-27-20(23)16-10-11-28(24,25)13-16/h2-9,16H,10-13H2,1H3,(H,21,22)/t16-/m1/s1. The minimum atomic E-state index is -3.12. The number of methoxy groups -OCH3 is 1. The molecule has 2 aromatic rings. The molecule has 148 valence electrons. The summed E-state index contributed by atoms with van der Waals surface area (Å²) in [6.45, 7) is 0.0375. The zero-order valence-electron chi connectivity index (χ0n) is 15.4. The number of ether oxygens (including phenoxy) is 2. The molecule has 1 amide bonds. The molecule has 1 N–H and O–H groups in total. The largest absolute Gasteiger partial charge is 0.497 e. The Morgan fingerprint density at radius 3 is 2.32 bits per heavy atom. The van der Waals surface area contributed by atoms with Gasteiger partial charge in [-0.2, -0.15) is 0 Å². The number of rotatable bonds is 6. The molecule has 0 unspecified atom stereocenters. The minimum absolute atomic E-state index is 0.0325. The molecule has 28 heavy (non-hydrogen) atoms. The molecule has 0 radical (unpaired) electrons. The van der Waals surface area contributed by atoms with Crippen molar-refractivity contribution in [1.29, 1.82) is 0 Å². The Kier molecular flexibility index (Phi) is 5.99. The molecule has 2 aromatic carbocycles. The smallest absolute Gasteiger partial charge is 0.310 e. The topological polar surface area (TPSA) is 98.8 Å². The summed E-state index contributed by atoms with van der Waals surface area (Å²) in [6.07, 6.45) is 0.311. The van der Waals surface area contributed by atoms with Gasteiger partial charge in [0, 0.05) is 11.3 Å². The van der Waals surface area contributed by atoms with Crippen LogP contribution in [0.2, 0.25) is 0 Å². The lowest BCUT2D eigenvalue weighted by molar-refractivity contribution is -0.149. The normalized spacial score (nSPS) is 17.7. The van der Waals surface area contributed by atoms with Crippen LogP contribution in [0.25, 0.3) is 0 Å². The van der Waals surface area contributed by atoms with E-state index in [0.29, 0.717) is 23.4 Å². The molecule has 1 atom stereocenters. The fourth-order valence-electron chi connectivity index (χ4n) is 2.88. The summed E-state index contributed by atoms with van der Waals surface area (Å²) >= 11 is 0. The van der Waals surface area contributed by atoms with Gasteiger partial charge in [0.2, 0.25) is 0 Å². The molecule has 7 nitrogen and oxygen atoms in total. The van der Waals surface area contributed by atoms with E-state index in [0.717, 1.165) is 5.56 Å². The Balaban J connectivity index is 1.52. The molecule has 3 rings (SSSR count). The van der Waals surface area contributed by atoms with Crippen LogP contribution in [0.5, 0.6) is 5.75 Å².